The normalized spacial score (nSPS) is 11.2. The molecule has 0 aliphatic carbocycles. The first-order valence-corrected chi connectivity index (χ1v) is 13.2. The molecule has 0 aromatic rings. The van der Waals surface area contributed by atoms with Gasteiger partial charge in [0.1, 0.15) is 5.60 Å². The highest BCUT2D eigenvalue weighted by atomic mass is 16.6. The highest BCUT2D eigenvalue weighted by molar-refractivity contribution is 5.69. The molecule has 0 saturated heterocycles. The van der Waals surface area contributed by atoms with Gasteiger partial charge in [-0.3, -0.25) is 4.79 Å². The average Bonchev–Trinajstić information content (AvgIpc) is 2.75. The van der Waals surface area contributed by atoms with Crippen LogP contribution in [0.15, 0.2) is 12.8 Å². The third kappa shape index (κ3) is 21.9. The lowest BCUT2D eigenvalue weighted by Gasteiger charge is -2.27. The number of amides is 1. The first kappa shape index (κ1) is 31.3. The first-order chi connectivity index (χ1) is 15.8. The van der Waals surface area contributed by atoms with Crippen molar-refractivity contribution in [2.45, 2.75) is 123 Å². The Morgan fingerprint density at radius 3 is 1.82 bits per heavy atom. The van der Waals surface area contributed by atoms with E-state index >= 15 is 0 Å². The Morgan fingerprint density at radius 2 is 1.30 bits per heavy atom. The van der Waals surface area contributed by atoms with Gasteiger partial charge in [0.15, 0.2) is 0 Å². The van der Waals surface area contributed by atoms with Gasteiger partial charge in [-0.2, -0.15) is 0 Å². The van der Waals surface area contributed by atoms with Gasteiger partial charge in [0.05, 0.1) is 19.5 Å². The molecule has 0 aliphatic rings. The molecule has 0 spiro atoms. The topological polar surface area (TPSA) is 65.1 Å². The molecule has 6 nitrogen and oxygen atoms in total. The number of carbonyl (C=O) groups excluding carboxylic acids is 2. The Balaban J connectivity index is 3.86. The number of esters is 1. The van der Waals surface area contributed by atoms with Crippen LogP contribution in [0.3, 0.4) is 0 Å². The minimum atomic E-state index is -0.548. The summed E-state index contributed by atoms with van der Waals surface area (Å²) >= 11 is 0. The molecule has 0 atom stereocenters. The van der Waals surface area contributed by atoms with Crippen LogP contribution >= 0.6 is 0 Å². The monoisotopic (exact) mass is 469 g/mol. The molecule has 6 heteroatoms. The van der Waals surface area contributed by atoms with Gasteiger partial charge in [-0.15, -0.1) is 0 Å². The van der Waals surface area contributed by atoms with Crippen molar-refractivity contribution in [3.63, 3.8) is 0 Å². The summed E-state index contributed by atoms with van der Waals surface area (Å²) in [4.78, 5) is 26.0. The molecule has 1 amide bonds. The van der Waals surface area contributed by atoms with Crippen molar-refractivity contribution in [3.8, 4) is 0 Å². The lowest BCUT2D eigenvalue weighted by molar-refractivity contribution is -0.143. The Labute approximate surface area is 203 Å². The largest absolute Gasteiger partial charge is 0.502 e. The van der Waals surface area contributed by atoms with Crippen LogP contribution < -0.4 is 0 Å². The SMILES string of the molecule is C=COCCCN(CCCOC(=O)CCCCCCCCCCCCC)C(=O)OC(C)(C)C. The molecule has 0 aliphatic heterocycles. The van der Waals surface area contributed by atoms with Crippen LogP contribution in [0, 0.1) is 0 Å². The molecule has 0 unspecified atom stereocenters. The maximum atomic E-state index is 12.4. The van der Waals surface area contributed by atoms with Crippen LogP contribution in [0.25, 0.3) is 0 Å². The predicted molar refractivity (Wildman–Crippen MR) is 135 cm³/mol. The molecule has 0 saturated carbocycles. The molecule has 0 aromatic heterocycles. The molecule has 33 heavy (non-hydrogen) atoms. The molecular weight excluding hydrogens is 418 g/mol. The van der Waals surface area contributed by atoms with E-state index < -0.39 is 5.60 Å². The fourth-order valence-corrected chi connectivity index (χ4v) is 3.49. The second-order valence-corrected chi connectivity index (χ2v) is 9.72. The van der Waals surface area contributed by atoms with E-state index in [1.54, 1.807) is 4.90 Å². The first-order valence-electron chi connectivity index (χ1n) is 13.2. The van der Waals surface area contributed by atoms with E-state index in [2.05, 4.69) is 13.5 Å². The van der Waals surface area contributed by atoms with E-state index in [-0.39, 0.29) is 12.1 Å². The van der Waals surface area contributed by atoms with E-state index in [4.69, 9.17) is 14.2 Å². The van der Waals surface area contributed by atoms with E-state index in [0.29, 0.717) is 45.6 Å². The van der Waals surface area contributed by atoms with Gasteiger partial charge < -0.3 is 19.1 Å². The van der Waals surface area contributed by atoms with E-state index in [0.717, 1.165) is 12.8 Å². The third-order valence-electron chi connectivity index (χ3n) is 5.28. The maximum Gasteiger partial charge on any atom is 0.410 e. The number of carbonyl (C=O) groups is 2. The summed E-state index contributed by atoms with van der Waals surface area (Å²) in [7, 11) is 0. The van der Waals surface area contributed by atoms with Crippen LogP contribution in [0.1, 0.15) is 118 Å². The quantitative estimate of drug-likeness (QED) is 0.0994. The van der Waals surface area contributed by atoms with Gasteiger partial charge in [-0.05, 0) is 40.0 Å². The summed E-state index contributed by atoms with van der Waals surface area (Å²) in [6, 6.07) is 0. The van der Waals surface area contributed by atoms with Crippen molar-refractivity contribution in [3.05, 3.63) is 12.8 Å². The fourth-order valence-electron chi connectivity index (χ4n) is 3.49. The zero-order valence-corrected chi connectivity index (χ0v) is 22.0. The van der Waals surface area contributed by atoms with Crippen molar-refractivity contribution < 1.29 is 23.8 Å². The van der Waals surface area contributed by atoms with Crippen LogP contribution in [-0.4, -0.2) is 48.9 Å². The average molecular weight is 470 g/mol. The zero-order chi connectivity index (χ0) is 24.8. The van der Waals surface area contributed by atoms with E-state index in [1.165, 1.54) is 64.0 Å². The molecule has 0 radical (unpaired) electrons. The smallest absolute Gasteiger partial charge is 0.410 e. The van der Waals surface area contributed by atoms with Gasteiger partial charge in [0.2, 0.25) is 0 Å². The Bertz CT molecular complexity index is 501. The lowest BCUT2D eigenvalue weighted by atomic mass is 10.1. The molecular formula is C27H51NO5. The van der Waals surface area contributed by atoms with Crippen molar-refractivity contribution in [2.24, 2.45) is 0 Å². The summed E-state index contributed by atoms with van der Waals surface area (Å²) in [5.74, 6) is -0.144. The molecule has 0 aromatic carbocycles. The number of hydrogen-bond acceptors (Lipinski definition) is 5. The summed E-state index contributed by atoms with van der Waals surface area (Å²) in [6.45, 7) is 13.1. The number of rotatable bonds is 21. The van der Waals surface area contributed by atoms with Gasteiger partial charge in [-0.1, -0.05) is 77.7 Å². The molecule has 0 fully saturated rings. The number of nitrogens with zero attached hydrogens (tertiary/aromatic N) is 1. The van der Waals surface area contributed by atoms with Crippen LogP contribution in [-0.2, 0) is 19.0 Å². The molecule has 0 bridgehead atoms. The Hall–Kier alpha value is -1.72. The summed E-state index contributed by atoms with van der Waals surface area (Å²) in [5.41, 5.74) is -0.548. The Morgan fingerprint density at radius 1 is 0.788 bits per heavy atom. The highest BCUT2D eigenvalue weighted by Gasteiger charge is 2.21. The van der Waals surface area contributed by atoms with Gasteiger partial charge >= 0.3 is 12.1 Å². The van der Waals surface area contributed by atoms with Crippen molar-refractivity contribution in [2.75, 3.05) is 26.3 Å². The van der Waals surface area contributed by atoms with Crippen LogP contribution in [0.2, 0.25) is 0 Å². The molecule has 0 heterocycles. The van der Waals surface area contributed by atoms with Crippen molar-refractivity contribution in [1.29, 1.82) is 0 Å². The molecule has 0 rings (SSSR count). The van der Waals surface area contributed by atoms with Crippen LogP contribution in [0.4, 0.5) is 4.79 Å². The van der Waals surface area contributed by atoms with E-state index in [1.807, 2.05) is 20.8 Å². The maximum absolute atomic E-state index is 12.4. The number of ether oxygens (including phenoxy) is 3. The highest BCUT2D eigenvalue weighted by Crippen LogP contribution is 2.13. The number of unbranched alkanes of at least 4 members (excludes halogenated alkanes) is 10. The second-order valence-electron chi connectivity index (χ2n) is 9.72. The van der Waals surface area contributed by atoms with Crippen molar-refractivity contribution in [1.82, 2.24) is 4.90 Å². The minimum absolute atomic E-state index is 0.144. The summed E-state index contributed by atoms with van der Waals surface area (Å²) < 4.78 is 16.0. The summed E-state index contributed by atoms with van der Waals surface area (Å²) in [5, 5.41) is 0. The third-order valence-corrected chi connectivity index (χ3v) is 5.28. The fraction of sp³-hybridized carbons (Fsp3) is 0.852. The number of hydrogen-bond donors (Lipinski definition) is 0. The van der Waals surface area contributed by atoms with Gasteiger partial charge in [-0.25, -0.2) is 4.79 Å². The second kappa shape index (κ2) is 20.9. The zero-order valence-electron chi connectivity index (χ0n) is 22.0. The molecule has 194 valence electrons. The molecule has 0 N–H and O–H groups in total. The standard InChI is InChI=1S/C27H51NO5/c1-6-8-9-10-11-12-13-14-15-16-17-20-25(29)32-24-19-22-28(21-18-23-31-7-2)26(30)33-27(3,4)5/h7H,2,6,8-24H2,1,3-5H3. The van der Waals surface area contributed by atoms with E-state index in [9.17, 15) is 9.59 Å². The Kier molecular flexibility index (Phi) is 19.8. The van der Waals surface area contributed by atoms with Gasteiger partial charge in [0.25, 0.3) is 0 Å². The lowest BCUT2D eigenvalue weighted by Crippen LogP contribution is -2.38. The van der Waals surface area contributed by atoms with Crippen LogP contribution in [0.5, 0.6) is 0 Å². The summed E-state index contributed by atoms with van der Waals surface area (Å²) in [6.07, 6.45) is 16.7. The minimum Gasteiger partial charge on any atom is -0.502 e. The van der Waals surface area contributed by atoms with Gasteiger partial charge in [0, 0.05) is 19.5 Å². The predicted octanol–water partition coefficient (Wildman–Crippen LogP) is 7.41. The van der Waals surface area contributed by atoms with Crippen molar-refractivity contribution >= 4 is 12.1 Å².